The zero-order chi connectivity index (χ0) is 11.8. The Kier molecular flexibility index (Phi) is 3.02. The molecule has 88 valence electrons. The first-order chi connectivity index (χ1) is 7.56. The van der Waals surface area contributed by atoms with Crippen molar-refractivity contribution < 1.29 is 4.39 Å². The second kappa shape index (κ2) is 4.17. The molecule has 2 rings (SSSR count). The second-order valence-corrected chi connectivity index (χ2v) is 5.23. The Morgan fingerprint density at radius 2 is 2.12 bits per heavy atom. The Morgan fingerprint density at radius 3 is 2.81 bits per heavy atom. The molecule has 0 spiro atoms. The van der Waals surface area contributed by atoms with E-state index in [9.17, 15) is 4.39 Å². The van der Waals surface area contributed by atoms with Crippen molar-refractivity contribution in [1.29, 1.82) is 0 Å². The van der Waals surface area contributed by atoms with Crippen LogP contribution in [-0.2, 0) is 6.42 Å². The van der Waals surface area contributed by atoms with E-state index in [1.807, 2.05) is 13.1 Å². The first-order valence-electron chi connectivity index (χ1n) is 6.02. The van der Waals surface area contributed by atoms with Crippen molar-refractivity contribution in [2.45, 2.75) is 44.6 Å². The monoisotopic (exact) mass is 221 g/mol. The van der Waals surface area contributed by atoms with E-state index in [0.29, 0.717) is 0 Å². The molecular weight excluding hydrogens is 201 g/mol. The topological polar surface area (TPSA) is 12.0 Å². The highest BCUT2D eigenvalue weighted by Gasteiger charge is 2.34. The summed E-state index contributed by atoms with van der Waals surface area (Å²) in [5, 5.41) is 3.31. The Morgan fingerprint density at radius 1 is 1.38 bits per heavy atom. The van der Waals surface area contributed by atoms with E-state index in [4.69, 9.17) is 0 Å². The quantitative estimate of drug-likeness (QED) is 0.808. The highest BCUT2D eigenvalue weighted by atomic mass is 19.1. The highest BCUT2D eigenvalue weighted by molar-refractivity contribution is 5.36. The lowest BCUT2D eigenvalue weighted by Gasteiger charge is -2.38. The van der Waals surface area contributed by atoms with Crippen molar-refractivity contribution >= 4 is 0 Å². The van der Waals surface area contributed by atoms with Gasteiger partial charge in [0.1, 0.15) is 5.82 Å². The second-order valence-electron chi connectivity index (χ2n) is 5.23. The molecule has 0 aromatic heterocycles. The minimum Gasteiger partial charge on any atom is -0.314 e. The maximum atomic E-state index is 14.0. The SMILES string of the molecule is CNC(C)(C)C1CCCc2cccc(F)c21. The number of rotatable bonds is 2. The van der Waals surface area contributed by atoms with Gasteiger partial charge in [0.2, 0.25) is 0 Å². The molecule has 0 saturated heterocycles. The maximum Gasteiger partial charge on any atom is 0.127 e. The zero-order valence-electron chi connectivity index (χ0n) is 10.3. The van der Waals surface area contributed by atoms with Crippen LogP contribution in [0.3, 0.4) is 0 Å². The molecule has 1 aliphatic rings. The van der Waals surface area contributed by atoms with Gasteiger partial charge in [-0.3, -0.25) is 0 Å². The minimum absolute atomic E-state index is 0.0366. The number of hydrogen-bond acceptors (Lipinski definition) is 1. The molecule has 1 N–H and O–H groups in total. The van der Waals surface area contributed by atoms with Crippen LogP contribution >= 0.6 is 0 Å². The van der Waals surface area contributed by atoms with Crippen molar-refractivity contribution in [2.24, 2.45) is 0 Å². The van der Waals surface area contributed by atoms with Crippen molar-refractivity contribution in [3.63, 3.8) is 0 Å². The van der Waals surface area contributed by atoms with Gasteiger partial charge in [-0.05, 0) is 57.4 Å². The van der Waals surface area contributed by atoms with Crippen LogP contribution in [0.15, 0.2) is 18.2 Å². The van der Waals surface area contributed by atoms with E-state index >= 15 is 0 Å². The Bertz CT molecular complexity index is 384. The van der Waals surface area contributed by atoms with Gasteiger partial charge in [-0.2, -0.15) is 0 Å². The third-order valence-electron chi connectivity index (χ3n) is 3.95. The molecule has 1 aliphatic carbocycles. The molecule has 0 bridgehead atoms. The van der Waals surface area contributed by atoms with Gasteiger partial charge < -0.3 is 5.32 Å². The normalized spacial score (nSPS) is 20.6. The first-order valence-corrected chi connectivity index (χ1v) is 6.02. The Hall–Kier alpha value is -0.890. The fraction of sp³-hybridized carbons (Fsp3) is 0.571. The molecular formula is C14H20FN. The van der Waals surface area contributed by atoms with Gasteiger partial charge in [-0.1, -0.05) is 12.1 Å². The van der Waals surface area contributed by atoms with Crippen LogP contribution < -0.4 is 5.32 Å². The summed E-state index contributed by atoms with van der Waals surface area (Å²) in [6, 6.07) is 5.47. The molecule has 0 radical (unpaired) electrons. The first kappa shape index (κ1) is 11.6. The van der Waals surface area contributed by atoms with E-state index in [1.54, 1.807) is 6.07 Å². The number of benzene rings is 1. The summed E-state index contributed by atoms with van der Waals surface area (Å²) in [6.45, 7) is 4.30. The molecule has 1 aromatic carbocycles. The fourth-order valence-electron chi connectivity index (χ4n) is 2.73. The van der Waals surface area contributed by atoms with Crippen LogP contribution in [-0.4, -0.2) is 12.6 Å². The van der Waals surface area contributed by atoms with Crippen LogP contribution in [0.5, 0.6) is 0 Å². The molecule has 0 amide bonds. The molecule has 1 aromatic rings. The fourth-order valence-corrected chi connectivity index (χ4v) is 2.73. The van der Waals surface area contributed by atoms with Crippen LogP contribution in [0.25, 0.3) is 0 Å². The summed E-state index contributed by atoms with van der Waals surface area (Å²) in [5.74, 6) is 0.243. The summed E-state index contributed by atoms with van der Waals surface area (Å²) in [4.78, 5) is 0. The van der Waals surface area contributed by atoms with E-state index in [1.165, 1.54) is 5.56 Å². The predicted octanol–water partition coefficient (Wildman–Crippen LogP) is 3.24. The largest absolute Gasteiger partial charge is 0.314 e. The third kappa shape index (κ3) is 1.86. The van der Waals surface area contributed by atoms with Gasteiger partial charge in [0.25, 0.3) is 0 Å². The molecule has 2 heteroatoms. The summed E-state index contributed by atoms with van der Waals surface area (Å²) < 4.78 is 14.0. The molecule has 0 fully saturated rings. The van der Waals surface area contributed by atoms with Gasteiger partial charge in [0.05, 0.1) is 0 Å². The lowest BCUT2D eigenvalue weighted by molar-refractivity contribution is 0.305. The lowest BCUT2D eigenvalue weighted by Crippen LogP contribution is -2.44. The number of fused-ring (bicyclic) bond motifs is 1. The van der Waals surface area contributed by atoms with Crippen molar-refractivity contribution in [3.05, 3.63) is 35.1 Å². The average Bonchev–Trinajstić information content (AvgIpc) is 2.29. The number of aryl methyl sites for hydroxylation is 1. The van der Waals surface area contributed by atoms with Crippen LogP contribution in [0.4, 0.5) is 4.39 Å². The molecule has 0 saturated carbocycles. The number of nitrogens with one attached hydrogen (secondary N) is 1. The van der Waals surface area contributed by atoms with Crippen LogP contribution in [0.1, 0.15) is 43.7 Å². The Labute approximate surface area is 97.1 Å². The van der Waals surface area contributed by atoms with E-state index in [2.05, 4.69) is 25.2 Å². The summed E-state index contributed by atoms with van der Waals surface area (Å²) in [5.41, 5.74) is 2.09. The van der Waals surface area contributed by atoms with Crippen LogP contribution in [0, 0.1) is 5.82 Å². The molecule has 16 heavy (non-hydrogen) atoms. The molecule has 1 nitrogen and oxygen atoms in total. The standard InChI is InChI=1S/C14H20FN/c1-14(2,16-3)11-8-4-6-10-7-5-9-12(15)13(10)11/h5,7,9,11,16H,4,6,8H2,1-3H3. The predicted molar refractivity (Wildman–Crippen MR) is 65.2 cm³/mol. The number of halogens is 1. The molecule has 0 aliphatic heterocycles. The number of hydrogen-bond donors (Lipinski definition) is 1. The van der Waals surface area contributed by atoms with Crippen molar-refractivity contribution in [2.75, 3.05) is 7.05 Å². The van der Waals surface area contributed by atoms with Crippen LogP contribution in [0.2, 0.25) is 0 Å². The minimum atomic E-state index is -0.0443. The smallest absolute Gasteiger partial charge is 0.127 e. The van der Waals surface area contributed by atoms with Gasteiger partial charge in [-0.15, -0.1) is 0 Å². The third-order valence-corrected chi connectivity index (χ3v) is 3.95. The molecule has 0 heterocycles. The molecule has 1 unspecified atom stereocenters. The summed E-state index contributed by atoms with van der Waals surface area (Å²) >= 11 is 0. The van der Waals surface area contributed by atoms with Gasteiger partial charge in [0.15, 0.2) is 0 Å². The highest BCUT2D eigenvalue weighted by Crippen LogP contribution is 2.39. The van der Waals surface area contributed by atoms with Gasteiger partial charge >= 0.3 is 0 Å². The lowest BCUT2D eigenvalue weighted by atomic mass is 9.73. The average molecular weight is 221 g/mol. The summed E-state index contributed by atoms with van der Waals surface area (Å²) in [6.07, 6.45) is 3.25. The maximum absolute atomic E-state index is 14.0. The summed E-state index contributed by atoms with van der Waals surface area (Å²) in [7, 11) is 1.95. The van der Waals surface area contributed by atoms with Gasteiger partial charge in [0, 0.05) is 11.5 Å². The van der Waals surface area contributed by atoms with E-state index < -0.39 is 0 Å². The van der Waals surface area contributed by atoms with Gasteiger partial charge in [-0.25, -0.2) is 4.39 Å². The molecule has 1 atom stereocenters. The number of likely N-dealkylation sites (N-methyl/N-ethyl adjacent to an activating group) is 1. The Balaban J connectivity index is 2.47. The van der Waals surface area contributed by atoms with E-state index in [0.717, 1.165) is 24.8 Å². The van der Waals surface area contributed by atoms with E-state index in [-0.39, 0.29) is 17.3 Å². The van der Waals surface area contributed by atoms with Crippen molar-refractivity contribution in [3.8, 4) is 0 Å². The van der Waals surface area contributed by atoms with Crippen molar-refractivity contribution in [1.82, 2.24) is 5.32 Å². The zero-order valence-corrected chi connectivity index (χ0v) is 10.3.